The highest BCUT2D eigenvalue weighted by molar-refractivity contribution is 5.80. The summed E-state index contributed by atoms with van der Waals surface area (Å²) in [5.74, 6) is 2.10. The predicted octanol–water partition coefficient (Wildman–Crippen LogP) is -0.218. The summed E-state index contributed by atoms with van der Waals surface area (Å²) in [6.07, 6.45) is 5.07. The third-order valence-electron chi connectivity index (χ3n) is 2.18. The van der Waals surface area contributed by atoms with E-state index < -0.39 is 12.1 Å². The van der Waals surface area contributed by atoms with Gasteiger partial charge >= 0.3 is 6.09 Å². The van der Waals surface area contributed by atoms with Gasteiger partial charge in [-0.25, -0.2) is 4.79 Å². The van der Waals surface area contributed by atoms with Crippen LogP contribution >= 0.6 is 0 Å². The molecule has 1 heterocycles. The van der Waals surface area contributed by atoms with Crippen molar-refractivity contribution in [3.8, 4) is 12.3 Å². The quantitative estimate of drug-likeness (QED) is 0.546. The third kappa shape index (κ3) is 2.66. The van der Waals surface area contributed by atoms with Crippen LogP contribution in [0.2, 0.25) is 0 Å². The Labute approximate surface area is 81.9 Å². The van der Waals surface area contributed by atoms with Crippen molar-refractivity contribution in [1.82, 2.24) is 10.6 Å². The molecule has 14 heavy (non-hydrogen) atoms. The highest BCUT2D eigenvalue weighted by atomic mass is 16.4. The van der Waals surface area contributed by atoms with Crippen LogP contribution in [0.15, 0.2) is 0 Å². The lowest BCUT2D eigenvalue weighted by Crippen LogP contribution is -2.35. The van der Waals surface area contributed by atoms with Gasteiger partial charge in [-0.2, -0.15) is 0 Å². The molecule has 0 aromatic carbocycles. The second kappa shape index (κ2) is 4.51. The summed E-state index contributed by atoms with van der Waals surface area (Å²) >= 11 is 0. The molecule has 1 saturated heterocycles. The fourth-order valence-electron chi connectivity index (χ4n) is 1.47. The maximum atomic E-state index is 11.2. The molecule has 0 spiro atoms. The van der Waals surface area contributed by atoms with Crippen LogP contribution in [0.25, 0.3) is 0 Å². The fraction of sp³-hybridized carbons (Fsp3) is 0.556. The number of terminal acetylenes is 1. The van der Waals surface area contributed by atoms with E-state index in [0.29, 0.717) is 13.0 Å². The van der Waals surface area contributed by atoms with Crippen molar-refractivity contribution in [2.45, 2.75) is 18.9 Å². The van der Waals surface area contributed by atoms with E-state index in [-0.39, 0.29) is 11.8 Å². The first-order chi connectivity index (χ1) is 6.63. The number of carbonyl (C=O) groups excluding carboxylic acids is 1. The third-order valence-corrected chi connectivity index (χ3v) is 2.18. The van der Waals surface area contributed by atoms with Gasteiger partial charge < -0.3 is 15.7 Å². The first kappa shape index (κ1) is 10.4. The van der Waals surface area contributed by atoms with Crippen molar-refractivity contribution >= 4 is 12.0 Å². The van der Waals surface area contributed by atoms with Gasteiger partial charge in [0.25, 0.3) is 0 Å². The molecule has 1 rings (SSSR count). The maximum absolute atomic E-state index is 11.2. The fourth-order valence-corrected chi connectivity index (χ4v) is 1.47. The van der Waals surface area contributed by atoms with E-state index in [0.717, 1.165) is 6.42 Å². The summed E-state index contributed by atoms with van der Waals surface area (Å²) in [6, 6.07) is -0.582. The lowest BCUT2D eigenvalue weighted by atomic mass is 9.99. The van der Waals surface area contributed by atoms with Gasteiger partial charge in [-0.15, -0.1) is 6.42 Å². The Morgan fingerprint density at radius 3 is 3.00 bits per heavy atom. The van der Waals surface area contributed by atoms with Crippen LogP contribution < -0.4 is 10.6 Å². The molecule has 0 bridgehead atoms. The monoisotopic (exact) mass is 196 g/mol. The normalized spacial score (nSPS) is 22.2. The standard InChI is InChI=1S/C9H12N2O3/c1-2-7(11-9(13)14)5-6-3-4-10-8(6)12/h1,6-7,11H,3-5H2,(H,10,12)(H,13,14)/t6-,7?/m0/s1. The molecule has 1 aliphatic heterocycles. The molecule has 2 atom stereocenters. The van der Waals surface area contributed by atoms with Crippen LogP contribution in [0.3, 0.4) is 0 Å². The molecule has 5 heteroatoms. The number of hydrogen-bond donors (Lipinski definition) is 3. The number of rotatable bonds is 3. The van der Waals surface area contributed by atoms with Crippen molar-refractivity contribution in [3.63, 3.8) is 0 Å². The summed E-state index contributed by atoms with van der Waals surface area (Å²) in [6.45, 7) is 0.647. The van der Waals surface area contributed by atoms with Gasteiger partial charge in [-0.3, -0.25) is 4.79 Å². The minimum Gasteiger partial charge on any atom is -0.465 e. The Hall–Kier alpha value is -1.70. The van der Waals surface area contributed by atoms with E-state index in [1.54, 1.807) is 0 Å². The van der Waals surface area contributed by atoms with E-state index in [9.17, 15) is 9.59 Å². The van der Waals surface area contributed by atoms with Crippen molar-refractivity contribution in [2.24, 2.45) is 5.92 Å². The lowest BCUT2D eigenvalue weighted by Gasteiger charge is -2.13. The summed E-state index contributed by atoms with van der Waals surface area (Å²) in [5.41, 5.74) is 0. The first-order valence-corrected chi connectivity index (χ1v) is 4.36. The molecule has 0 aliphatic carbocycles. The van der Waals surface area contributed by atoms with Crippen LogP contribution in [0.5, 0.6) is 0 Å². The highest BCUT2D eigenvalue weighted by Crippen LogP contribution is 2.15. The molecule has 5 nitrogen and oxygen atoms in total. The largest absolute Gasteiger partial charge is 0.465 e. The molecule has 76 valence electrons. The summed E-state index contributed by atoms with van der Waals surface area (Å²) in [4.78, 5) is 21.5. The second-order valence-electron chi connectivity index (χ2n) is 3.18. The zero-order chi connectivity index (χ0) is 10.6. The van der Waals surface area contributed by atoms with Gasteiger partial charge in [0.05, 0.1) is 6.04 Å². The summed E-state index contributed by atoms with van der Waals surface area (Å²) in [5, 5.41) is 13.3. The average molecular weight is 196 g/mol. The van der Waals surface area contributed by atoms with Crippen molar-refractivity contribution in [2.75, 3.05) is 6.54 Å². The van der Waals surface area contributed by atoms with E-state index in [2.05, 4.69) is 16.6 Å². The molecular formula is C9H12N2O3. The molecule has 2 amide bonds. The van der Waals surface area contributed by atoms with Crippen LogP contribution in [0.4, 0.5) is 4.79 Å². The maximum Gasteiger partial charge on any atom is 0.405 e. The van der Waals surface area contributed by atoms with E-state index >= 15 is 0 Å². The Kier molecular flexibility index (Phi) is 3.35. The molecule has 1 unspecified atom stereocenters. The highest BCUT2D eigenvalue weighted by Gasteiger charge is 2.26. The predicted molar refractivity (Wildman–Crippen MR) is 49.5 cm³/mol. The molecule has 0 aromatic heterocycles. The number of amides is 2. The Balaban J connectivity index is 2.44. The van der Waals surface area contributed by atoms with Crippen molar-refractivity contribution in [3.05, 3.63) is 0 Å². The molecule has 0 aromatic rings. The van der Waals surface area contributed by atoms with E-state index in [1.807, 2.05) is 0 Å². The van der Waals surface area contributed by atoms with E-state index in [1.165, 1.54) is 0 Å². The summed E-state index contributed by atoms with van der Waals surface area (Å²) in [7, 11) is 0. The zero-order valence-electron chi connectivity index (χ0n) is 7.62. The van der Waals surface area contributed by atoms with Crippen molar-refractivity contribution in [1.29, 1.82) is 0 Å². The molecule has 0 saturated carbocycles. The van der Waals surface area contributed by atoms with Crippen molar-refractivity contribution < 1.29 is 14.7 Å². The van der Waals surface area contributed by atoms with Gasteiger partial charge in [-0.1, -0.05) is 5.92 Å². The Morgan fingerprint density at radius 1 is 1.86 bits per heavy atom. The lowest BCUT2D eigenvalue weighted by molar-refractivity contribution is -0.122. The van der Waals surface area contributed by atoms with Gasteiger partial charge in [0, 0.05) is 12.5 Å². The smallest absolute Gasteiger partial charge is 0.405 e. The van der Waals surface area contributed by atoms with Gasteiger partial charge in [0.15, 0.2) is 0 Å². The number of nitrogens with one attached hydrogen (secondary N) is 2. The number of carboxylic acid groups (broad SMARTS) is 1. The minimum atomic E-state index is -1.16. The van der Waals surface area contributed by atoms with Crippen LogP contribution in [-0.2, 0) is 4.79 Å². The average Bonchev–Trinajstić information content (AvgIpc) is 2.50. The van der Waals surface area contributed by atoms with Gasteiger partial charge in [0.2, 0.25) is 5.91 Å². The zero-order valence-corrected chi connectivity index (χ0v) is 7.62. The Morgan fingerprint density at radius 2 is 2.57 bits per heavy atom. The second-order valence-corrected chi connectivity index (χ2v) is 3.18. The topological polar surface area (TPSA) is 78.4 Å². The molecule has 3 N–H and O–H groups in total. The number of carbonyl (C=O) groups is 2. The first-order valence-electron chi connectivity index (χ1n) is 4.36. The van der Waals surface area contributed by atoms with E-state index in [4.69, 9.17) is 11.5 Å². The molecule has 1 fully saturated rings. The minimum absolute atomic E-state index is 0.0440. The van der Waals surface area contributed by atoms with Crippen LogP contribution in [0, 0.1) is 18.3 Å². The molecular weight excluding hydrogens is 184 g/mol. The SMILES string of the molecule is C#CC(C[C@@H]1CCNC1=O)NC(=O)O. The Bertz CT molecular complexity index is 282. The summed E-state index contributed by atoms with van der Waals surface area (Å²) < 4.78 is 0. The van der Waals surface area contributed by atoms with Crippen LogP contribution in [-0.4, -0.2) is 29.7 Å². The molecule has 0 radical (unpaired) electrons. The van der Waals surface area contributed by atoms with Gasteiger partial charge in [0.1, 0.15) is 0 Å². The van der Waals surface area contributed by atoms with Crippen LogP contribution in [0.1, 0.15) is 12.8 Å². The van der Waals surface area contributed by atoms with Gasteiger partial charge in [-0.05, 0) is 12.8 Å². The number of hydrogen-bond acceptors (Lipinski definition) is 2. The molecule has 1 aliphatic rings.